The van der Waals surface area contributed by atoms with Crippen LogP contribution in [-0.4, -0.2) is 6.54 Å². The van der Waals surface area contributed by atoms with E-state index in [1.165, 1.54) is 0 Å². The van der Waals surface area contributed by atoms with Crippen molar-refractivity contribution in [2.75, 3.05) is 6.54 Å². The van der Waals surface area contributed by atoms with E-state index >= 15 is 0 Å². The smallest absolute Gasteiger partial charge is 0.0387 e. The first-order chi connectivity index (χ1) is 6.84. The zero-order valence-corrected chi connectivity index (χ0v) is 9.68. The van der Waals surface area contributed by atoms with Crippen LogP contribution in [0.15, 0.2) is 28.7 Å². The summed E-state index contributed by atoms with van der Waals surface area (Å²) in [6.45, 7) is 0.761. The van der Waals surface area contributed by atoms with Crippen LogP contribution in [0.4, 0.5) is 0 Å². The Hall–Kier alpha value is -0.780. The van der Waals surface area contributed by atoms with Gasteiger partial charge in [-0.05, 0) is 47.4 Å². The van der Waals surface area contributed by atoms with Crippen molar-refractivity contribution in [3.05, 3.63) is 34.3 Å². The second-order valence-corrected chi connectivity index (χ2v) is 3.88. The highest BCUT2D eigenvalue weighted by molar-refractivity contribution is 9.10. The van der Waals surface area contributed by atoms with Gasteiger partial charge in [-0.3, -0.25) is 0 Å². The highest BCUT2D eigenvalue weighted by Gasteiger charge is 1.91. The van der Waals surface area contributed by atoms with Crippen molar-refractivity contribution in [2.45, 2.75) is 19.3 Å². The van der Waals surface area contributed by atoms with Gasteiger partial charge in [0.25, 0.3) is 0 Å². The molecule has 1 nitrogen and oxygen atoms in total. The third kappa shape index (κ3) is 3.95. The molecule has 0 fully saturated rings. The lowest BCUT2D eigenvalue weighted by Crippen LogP contribution is -1.96. The summed E-state index contributed by atoms with van der Waals surface area (Å²) in [6.07, 6.45) is 3.08. The van der Waals surface area contributed by atoms with E-state index in [-0.39, 0.29) is 0 Å². The Kier molecular flexibility index (Phi) is 5.36. The van der Waals surface area contributed by atoms with E-state index in [1.54, 1.807) is 0 Å². The van der Waals surface area contributed by atoms with E-state index in [0.29, 0.717) is 0 Å². The van der Waals surface area contributed by atoms with Crippen LogP contribution in [0.1, 0.15) is 24.8 Å². The van der Waals surface area contributed by atoms with Crippen molar-refractivity contribution in [3.63, 3.8) is 0 Å². The predicted molar refractivity (Wildman–Crippen MR) is 63.9 cm³/mol. The summed E-state index contributed by atoms with van der Waals surface area (Å²) < 4.78 is 1.06. The molecule has 0 heterocycles. The van der Waals surface area contributed by atoms with E-state index in [0.717, 1.165) is 35.8 Å². The molecule has 14 heavy (non-hydrogen) atoms. The topological polar surface area (TPSA) is 26.0 Å². The van der Waals surface area contributed by atoms with Crippen LogP contribution in [0.25, 0.3) is 0 Å². The molecule has 0 aliphatic carbocycles. The maximum Gasteiger partial charge on any atom is 0.0387 e. The molecule has 0 aromatic heterocycles. The quantitative estimate of drug-likeness (QED) is 0.649. The van der Waals surface area contributed by atoms with Crippen molar-refractivity contribution in [3.8, 4) is 11.8 Å². The average molecular weight is 252 g/mol. The van der Waals surface area contributed by atoms with Gasteiger partial charge >= 0.3 is 0 Å². The minimum absolute atomic E-state index is 0.761. The Bertz CT molecular complexity index is 336. The normalized spacial score (nSPS) is 9.29. The molecule has 0 saturated carbocycles. The van der Waals surface area contributed by atoms with Crippen LogP contribution in [-0.2, 0) is 0 Å². The van der Waals surface area contributed by atoms with Crippen LogP contribution in [0.2, 0.25) is 0 Å². The molecular weight excluding hydrogens is 238 g/mol. The first-order valence-electron chi connectivity index (χ1n) is 4.78. The summed E-state index contributed by atoms with van der Waals surface area (Å²) >= 11 is 3.46. The summed E-state index contributed by atoms with van der Waals surface area (Å²) in [5, 5.41) is 0. The molecule has 0 atom stereocenters. The van der Waals surface area contributed by atoms with Gasteiger partial charge in [0, 0.05) is 16.5 Å². The highest BCUT2D eigenvalue weighted by atomic mass is 79.9. The minimum Gasteiger partial charge on any atom is -0.330 e. The SMILES string of the molecule is NCCCCC#Cc1ccccc1Br. The van der Waals surface area contributed by atoms with Crippen molar-refractivity contribution in [2.24, 2.45) is 5.73 Å². The summed E-state index contributed by atoms with van der Waals surface area (Å²) in [7, 11) is 0. The number of benzene rings is 1. The Balaban J connectivity index is 2.47. The Labute approximate surface area is 93.8 Å². The molecule has 0 spiro atoms. The lowest BCUT2D eigenvalue weighted by Gasteiger charge is -1.93. The van der Waals surface area contributed by atoms with E-state index in [4.69, 9.17) is 5.73 Å². The van der Waals surface area contributed by atoms with E-state index in [1.807, 2.05) is 24.3 Å². The van der Waals surface area contributed by atoms with Gasteiger partial charge in [0.1, 0.15) is 0 Å². The van der Waals surface area contributed by atoms with Crippen molar-refractivity contribution >= 4 is 15.9 Å². The van der Waals surface area contributed by atoms with E-state index in [9.17, 15) is 0 Å². The second kappa shape index (κ2) is 6.64. The summed E-state index contributed by atoms with van der Waals surface area (Å²) in [4.78, 5) is 0. The largest absolute Gasteiger partial charge is 0.330 e. The fourth-order valence-electron chi connectivity index (χ4n) is 1.08. The zero-order valence-electron chi connectivity index (χ0n) is 8.09. The standard InChI is InChI=1S/C12H14BrN/c13-12-9-5-4-8-11(12)7-3-1-2-6-10-14/h4-5,8-9H,1-2,6,10,14H2. The highest BCUT2D eigenvalue weighted by Crippen LogP contribution is 2.14. The summed E-state index contributed by atoms with van der Waals surface area (Å²) in [5.74, 6) is 6.28. The van der Waals surface area contributed by atoms with Crippen molar-refractivity contribution in [1.29, 1.82) is 0 Å². The van der Waals surface area contributed by atoms with Crippen molar-refractivity contribution in [1.82, 2.24) is 0 Å². The number of hydrogen-bond acceptors (Lipinski definition) is 1. The molecule has 0 bridgehead atoms. The number of rotatable bonds is 3. The first-order valence-corrected chi connectivity index (χ1v) is 5.57. The van der Waals surface area contributed by atoms with Gasteiger partial charge in [0.15, 0.2) is 0 Å². The van der Waals surface area contributed by atoms with Gasteiger partial charge in [-0.1, -0.05) is 24.0 Å². The zero-order chi connectivity index (χ0) is 10.2. The first kappa shape index (κ1) is 11.3. The molecule has 1 aromatic carbocycles. The third-order valence-electron chi connectivity index (χ3n) is 1.85. The molecule has 0 aliphatic rings. The summed E-state index contributed by atoms with van der Waals surface area (Å²) in [6, 6.07) is 8.00. The average Bonchev–Trinajstić information content (AvgIpc) is 2.20. The van der Waals surface area contributed by atoms with E-state index < -0.39 is 0 Å². The Morgan fingerprint density at radius 3 is 2.71 bits per heavy atom. The van der Waals surface area contributed by atoms with Crippen LogP contribution in [0, 0.1) is 11.8 Å². The third-order valence-corrected chi connectivity index (χ3v) is 2.54. The minimum atomic E-state index is 0.761. The molecule has 2 N–H and O–H groups in total. The molecule has 1 aromatic rings. The second-order valence-electron chi connectivity index (χ2n) is 3.03. The van der Waals surface area contributed by atoms with Crippen LogP contribution in [0.5, 0.6) is 0 Å². The molecule has 1 rings (SSSR count). The van der Waals surface area contributed by atoms with E-state index in [2.05, 4.69) is 27.8 Å². The van der Waals surface area contributed by atoms with Crippen LogP contribution < -0.4 is 5.73 Å². The maximum atomic E-state index is 5.39. The number of nitrogens with two attached hydrogens (primary N) is 1. The lowest BCUT2D eigenvalue weighted by atomic mass is 10.2. The predicted octanol–water partition coefficient (Wildman–Crippen LogP) is 2.93. The molecule has 2 heteroatoms. The molecule has 0 aliphatic heterocycles. The Morgan fingerprint density at radius 1 is 1.21 bits per heavy atom. The maximum absolute atomic E-state index is 5.39. The van der Waals surface area contributed by atoms with Gasteiger partial charge in [-0.25, -0.2) is 0 Å². The van der Waals surface area contributed by atoms with Gasteiger partial charge in [-0.15, -0.1) is 0 Å². The molecule has 0 radical (unpaired) electrons. The molecule has 74 valence electrons. The number of halogens is 1. The van der Waals surface area contributed by atoms with Gasteiger partial charge in [-0.2, -0.15) is 0 Å². The van der Waals surface area contributed by atoms with Gasteiger partial charge in [0.05, 0.1) is 0 Å². The fraction of sp³-hybridized carbons (Fsp3) is 0.333. The fourth-order valence-corrected chi connectivity index (χ4v) is 1.46. The lowest BCUT2D eigenvalue weighted by molar-refractivity contribution is 0.768. The summed E-state index contributed by atoms with van der Waals surface area (Å²) in [5.41, 5.74) is 6.45. The van der Waals surface area contributed by atoms with Crippen molar-refractivity contribution < 1.29 is 0 Å². The molecule has 0 saturated heterocycles. The van der Waals surface area contributed by atoms with Crippen LogP contribution in [0.3, 0.4) is 0 Å². The van der Waals surface area contributed by atoms with Crippen LogP contribution >= 0.6 is 15.9 Å². The molecule has 0 amide bonds. The monoisotopic (exact) mass is 251 g/mol. The molecule has 0 unspecified atom stereocenters. The number of unbranched alkanes of at least 4 members (excludes halogenated alkanes) is 2. The van der Waals surface area contributed by atoms with Gasteiger partial charge < -0.3 is 5.73 Å². The number of hydrogen-bond donors (Lipinski definition) is 1. The molecular formula is C12H14BrN. The Morgan fingerprint density at radius 2 is 2.00 bits per heavy atom. The van der Waals surface area contributed by atoms with Gasteiger partial charge in [0.2, 0.25) is 0 Å².